The molecule has 2 nitrogen and oxygen atoms in total. The fraction of sp³-hybridized carbons (Fsp3) is 0.133. The summed E-state index contributed by atoms with van der Waals surface area (Å²) in [5.74, 6) is 0. The molecule has 0 aliphatic carbocycles. The molecule has 0 spiro atoms. The molecule has 3 N–H and O–H groups in total. The molecule has 0 bridgehead atoms. The standard InChI is InChI=1S/C15H13F3N2S/c1-9-4-2-3-5-13(9)20-10-6-7-12(15(16,17)18)11(8-10)14(19)21/h2-8,20H,1H3,(H2,19,21). The SMILES string of the molecule is Cc1ccccc1Nc1ccc(C(F)(F)F)c(C(N)=S)c1. The lowest BCUT2D eigenvalue weighted by atomic mass is 10.1. The maximum Gasteiger partial charge on any atom is 0.417 e. The first-order chi connectivity index (χ1) is 9.79. The van der Waals surface area contributed by atoms with E-state index in [1.165, 1.54) is 12.1 Å². The number of para-hydroxylation sites is 1. The molecule has 0 aliphatic heterocycles. The van der Waals surface area contributed by atoms with Gasteiger partial charge < -0.3 is 11.1 Å². The first-order valence-corrected chi connectivity index (χ1v) is 6.53. The van der Waals surface area contributed by atoms with E-state index in [0.717, 1.165) is 17.3 Å². The molecule has 2 aromatic carbocycles. The van der Waals surface area contributed by atoms with Gasteiger partial charge in [0.1, 0.15) is 4.99 Å². The Morgan fingerprint density at radius 2 is 1.81 bits per heavy atom. The quantitative estimate of drug-likeness (QED) is 0.826. The van der Waals surface area contributed by atoms with Crippen molar-refractivity contribution in [3.63, 3.8) is 0 Å². The number of benzene rings is 2. The fourth-order valence-corrected chi connectivity index (χ4v) is 2.11. The summed E-state index contributed by atoms with van der Waals surface area (Å²) in [7, 11) is 0. The number of halogens is 3. The van der Waals surface area contributed by atoms with Crippen LogP contribution in [-0.4, -0.2) is 4.99 Å². The molecule has 0 atom stereocenters. The van der Waals surface area contributed by atoms with Crippen molar-refractivity contribution >= 4 is 28.6 Å². The highest BCUT2D eigenvalue weighted by atomic mass is 32.1. The van der Waals surface area contributed by atoms with E-state index in [2.05, 4.69) is 5.32 Å². The van der Waals surface area contributed by atoms with Crippen LogP contribution < -0.4 is 11.1 Å². The van der Waals surface area contributed by atoms with E-state index in [1.807, 2.05) is 31.2 Å². The first kappa shape index (κ1) is 15.3. The van der Waals surface area contributed by atoms with Gasteiger partial charge >= 0.3 is 6.18 Å². The summed E-state index contributed by atoms with van der Waals surface area (Å²) >= 11 is 4.72. The van der Waals surface area contributed by atoms with E-state index in [9.17, 15) is 13.2 Å². The molecule has 0 amide bonds. The zero-order chi connectivity index (χ0) is 15.6. The molecule has 21 heavy (non-hydrogen) atoms. The van der Waals surface area contributed by atoms with Gasteiger partial charge in [0.05, 0.1) is 5.56 Å². The number of rotatable bonds is 3. The van der Waals surface area contributed by atoms with Crippen LogP contribution in [-0.2, 0) is 6.18 Å². The lowest BCUT2D eigenvalue weighted by Gasteiger charge is -2.15. The maximum absolute atomic E-state index is 12.9. The second-order valence-electron chi connectivity index (χ2n) is 4.56. The highest BCUT2D eigenvalue weighted by molar-refractivity contribution is 7.80. The van der Waals surface area contributed by atoms with Crippen molar-refractivity contribution in [3.8, 4) is 0 Å². The number of aryl methyl sites for hydroxylation is 1. The van der Waals surface area contributed by atoms with Crippen LogP contribution >= 0.6 is 12.2 Å². The molecule has 0 heterocycles. The van der Waals surface area contributed by atoms with E-state index < -0.39 is 11.7 Å². The predicted octanol–water partition coefficient (Wildman–Crippen LogP) is 4.39. The Bertz CT molecular complexity index is 681. The normalized spacial score (nSPS) is 11.2. The fourth-order valence-electron chi connectivity index (χ4n) is 1.94. The number of nitrogens with one attached hydrogen (secondary N) is 1. The largest absolute Gasteiger partial charge is 0.417 e. The monoisotopic (exact) mass is 310 g/mol. The molecule has 6 heteroatoms. The molecule has 2 rings (SSSR count). The summed E-state index contributed by atoms with van der Waals surface area (Å²) in [6.45, 7) is 1.90. The summed E-state index contributed by atoms with van der Waals surface area (Å²) in [6, 6.07) is 11.1. The van der Waals surface area contributed by atoms with Crippen LogP contribution in [0.15, 0.2) is 42.5 Å². The van der Waals surface area contributed by atoms with Crippen LogP contribution in [0.2, 0.25) is 0 Å². The van der Waals surface area contributed by atoms with Gasteiger partial charge in [-0.15, -0.1) is 0 Å². The molecule has 0 unspecified atom stereocenters. The molecule has 2 aromatic rings. The average Bonchev–Trinajstić information content (AvgIpc) is 2.40. The Balaban J connectivity index is 2.42. The lowest BCUT2D eigenvalue weighted by molar-refractivity contribution is -0.137. The second-order valence-corrected chi connectivity index (χ2v) is 5.00. The van der Waals surface area contributed by atoms with Crippen LogP contribution in [0.3, 0.4) is 0 Å². The van der Waals surface area contributed by atoms with Gasteiger partial charge in [0.15, 0.2) is 0 Å². The van der Waals surface area contributed by atoms with Crippen molar-refractivity contribution in [3.05, 3.63) is 59.2 Å². The van der Waals surface area contributed by atoms with Gasteiger partial charge in [0, 0.05) is 16.9 Å². The third-order valence-corrected chi connectivity index (χ3v) is 3.23. The predicted molar refractivity (Wildman–Crippen MR) is 81.8 cm³/mol. The van der Waals surface area contributed by atoms with Crippen LogP contribution in [0.5, 0.6) is 0 Å². The van der Waals surface area contributed by atoms with Crippen molar-refractivity contribution in [2.24, 2.45) is 5.73 Å². The van der Waals surface area contributed by atoms with Crippen LogP contribution in [0, 0.1) is 6.92 Å². The minimum absolute atomic E-state index is 0.184. The summed E-state index contributed by atoms with van der Waals surface area (Å²) in [5.41, 5.74) is 6.69. The average molecular weight is 310 g/mol. The Hall–Kier alpha value is -2.08. The van der Waals surface area contributed by atoms with Gasteiger partial charge in [-0.25, -0.2) is 0 Å². The van der Waals surface area contributed by atoms with Crippen molar-refractivity contribution in [1.82, 2.24) is 0 Å². The summed E-state index contributed by atoms with van der Waals surface area (Å²) < 4.78 is 38.7. The zero-order valence-corrected chi connectivity index (χ0v) is 12.0. The van der Waals surface area contributed by atoms with Crippen LogP contribution in [0.1, 0.15) is 16.7 Å². The minimum atomic E-state index is -4.49. The van der Waals surface area contributed by atoms with Crippen molar-refractivity contribution in [1.29, 1.82) is 0 Å². The van der Waals surface area contributed by atoms with Gasteiger partial charge in [-0.1, -0.05) is 30.4 Å². The van der Waals surface area contributed by atoms with Crippen molar-refractivity contribution < 1.29 is 13.2 Å². The number of hydrogen-bond donors (Lipinski definition) is 2. The Morgan fingerprint density at radius 3 is 2.38 bits per heavy atom. The molecular weight excluding hydrogens is 297 g/mol. The van der Waals surface area contributed by atoms with Gasteiger partial charge in [0.25, 0.3) is 0 Å². The number of anilines is 2. The van der Waals surface area contributed by atoms with E-state index >= 15 is 0 Å². The molecule has 0 aliphatic rings. The smallest absolute Gasteiger partial charge is 0.389 e. The number of thiocarbonyl (C=S) groups is 1. The Morgan fingerprint density at radius 1 is 1.14 bits per heavy atom. The van der Waals surface area contributed by atoms with E-state index in [1.54, 1.807) is 0 Å². The Labute approximate surface area is 125 Å². The second kappa shape index (κ2) is 5.73. The highest BCUT2D eigenvalue weighted by Crippen LogP contribution is 2.34. The maximum atomic E-state index is 12.9. The molecule has 0 saturated heterocycles. The van der Waals surface area contributed by atoms with Gasteiger partial charge in [-0.3, -0.25) is 0 Å². The summed E-state index contributed by atoms with van der Waals surface area (Å²) in [6.07, 6.45) is -4.49. The number of nitrogens with two attached hydrogens (primary N) is 1. The van der Waals surface area contributed by atoms with Gasteiger partial charge in [0.2, 0.25) is 0 Å². The third kappa shape index (κ3) is 3.52. The lowest BCUT2D eigenvalue weighted by Crippen LogP contribution is -2.18. The van der Waals surface area contributed by atoms with E-state index in [4.69, 9.17) is 18.0 Å². The molecular formula is C15H13F3N2S. The van der Waals surface area contributed by atoms with E-state index in [0.29, 0.717) is 5.69 Å². The summed E-state index contributed by atoms with van der Waals surface area (Å²) in [5, 5.41) is 3.06. The topological polar surface area (TPSA) is 38.0 Å². The van der Waals surface area contributed by atoms with Crippen LogP contribution in [0.4, 0.5) is 24.5 Å². The molecule has 0 fully saturated rings. The third-order valence-electron chi connectivity index (χ3n) is 3.01. The number of alkyl halides is 3. The summed E-state index contributed by atoms with van der Waals surface area (Å²) in [4.78, 5) is -0.282. The zero-order valence-electron chi connectivity index (χ0n) is 11.2. The van der Waals surface area contributed by atoms with Crippen LogP contribution in [0.25, 0.3) is 0 Å². The van der Waals surface area contributed by atoms with Crippen molar-refractivity contribution in [2.45, 2.75) is 13.1 Å². The molecule has 0 aromatic heterocycles. The highest BCUT2D eigenvalue weighted by Gasteiger charge is 2.34. The minimum Gasteiger partial charge on any atom is -0.389 e. The number of hydrogen-bond acceptors (Lipinski definition) is 2. The Kier molecular flexibility index (Phi) is 4.18. The van der Waals surface area contributed by atoms with E-state index in [-0.39, 0.29) is 10.6 Å². The first-order valence-electron chi connectivity index (χ1n) is 6.13. The van der Waals surface area contributed by atoms with Gasteiger partial charge in [-0.2, -0.15) is 13.2 Å². The molecule has 0 radical (unpaired) electrons. The molecule has 0 saturated carbocycles. The van der Waals surface area contributed by atoms with Gasteiger partial charge in [-0.05, 0) is 36.8 Å². The van der Waals surface area contributed by atoms with Crippen molar-refractivity contribution in [2.75, 3.05) is 5.32 Å². The molecule has 110 valence electrons.